The molecule has 6 heteroatoms. The summed E-state index contributed by atoms with van der Waals surface area (Å²) in [7, 11) is 0. The topological polar surface area (TPSA) is 73.2 Å². The SMILES string of the molecule is O=C(O)C1=Cc2ccc(-c3ccc(C(=O)N4CCCC4)cc3)cc2N2CCN=C2C1. The number of benzene rings is 2. The standard InChI is InChI=1S/C24H23N3O3/c28-23(26-10-1-2-11-26)17-5-3-16(4-6-17)18-7-8-19-13-20(24(29)30)15-22-25-9-12-27(22)21(19)14-18/h3-8,13-14H,1-2,9-12,15H2,(H,29,30). The fourth-order valence-corrected chi connectivity index (χ4v) is 4.44. The predicted octanol–water partition coefficient (Wildman–Crippen LogP) is 3.68. The maximum atomic E-state index is 12.6. The number of carboxylic acids is 1. The number of carbonyl (C=O) groups excluding carboxylic acids is 1. The molecular formula is C24H23N3O3. The summed E-state index contributed by atoms with van der Waals surface area (Å²) in [5.41, 5.74) is 5.02. The lowest BCUT2D eigenvalue weighted by atomic mass is 9.99. The molecule has 1 saturated heterocycles. The average molecular weight is 401 g/mol. The van der Waals surface area contributed by atoms with Crippen molar-refractivity contribution < 1.29 is 14.7 Å². The number of carboxylic acid groups (broad SMARTS) is 1. The first-order valence-electron chi connectivity index (χ1n) is 10.4. The fourth-order valence-electron chi connectivity index (χ4n) is 4.44. The van der Waals surface area contributed by atoms with Crippen LogP contribution < -0.4 is 4.90 Å². The molecule has 1 N–H and O–H groups in total. The summed E-state index contributed by atoms with van der Waals surface area (Å²) < 4.78 is 0. The molecule has 0 saturated carbocycles. The van der Waals surface area contributed by atoms with Gasteiger partial charge in [-0.1, -0.05) is 24.3 Å². The number of hydrogen-bond acceptors (Lipinski definition) is 4. The lowest BCUT2D eigenvalue weighted by Gasteiger charge is -2.21. The molecule has 0 spiro atoms. The average Bonchev–Trinajstić information content (AvgIpc) is 3.43. The van der Waals surface area contributed by atoms with Crippen molar-refractivity contribution in [3.63, 3.8) is 0 Å². The third-order valence-corrected chi connectivity index (χ3v) is 6.06. The van der Waals surface area contributed by atoms with Crippen LogP contribution in [0.15, 0.2) is 53.0 Å². The summed E-state index contributed by atoms with van der Waals surface area (Å²) in [5.74, 6) is 0.0103. The van der Waals surface area contributed by atoms with Gasteiger partial charge in [-0.3, -0.25) is 9.79 Å². The molecule has 0 atom stereocenters. The van der Waals surface area contributed by atoms with Crippen molar-refractivity contribution in [2.75, 3.05) is 31.1 Å². The maximum Gasteiger partial charge on any atom is 0.332 e. The zero-order valence-corrected chi connectivity index (χ0v) is 16.7. The number of rotatable bonds is 3. The largest absolute Gasteiger partial charge is 0.478 e. The van der Waals surface area contributed by atoms with Crippen molar-refractivity contribution in [3.8, 4) is 11.1 Å². The first kappa shape index (κ1) is 18.6. The van der Waals surface area contributed by atoms with Gasteiger partial charge in [0.15, 0.2) is 0 Å². The molecule has 0 aliphatic carbocycles. The molecular weight excluding hydrogens is 378 g/mol. The van der Waals surface area contributed by atoms with Gasteiger partial charge in [-0.05, 0) is 53.8 Å². The summed E-state index contributed by atoms with van der Waals surface area (Å²) in [4.78, 5) is 32.7. The van der Waals surface area contributed by atoms with E-state index >= 15 is 0 Å². The van der Waals surface area contributed by atoms with E-state index in [2.05, 4.69) is 16.0 Å². The Morgan fingerprint density at radius 1 is 0.933 bits per heavy atom. The maximum absolute atomic E-state index is 12.6. The van der Waals surface area contributed by atoms with E-state index in [1.165, 1.54) is 0 Å². The molecule has 0 aromatic heterocycles. The summed E-state index contributed by atoms with van der Waals surface area (Å²) in [6.07, 6.45) is 4.25. The van der Waals surface area contributed by atoms with E-state index < -0.39 is 5.97 Å². The highest BCUT2D eigenvalue weighted by molar-refractivity contribution is 6.10. The highest BCUT2D eigenvalue weighted by Gasteiger charge is 2.27. The Labute approximate surface area is 175 Å². The summed E-state index contributed by atoms with van der Waals surface area (Å²) in [6, 6.07) is 13.8. The highest BCUT2D eigenvalue weighted by atomic mass is 16.4. The lowest BCUT2D eigenvalue weighted by molar-refractivity contribution is -0.132. The number of likely N-dealkylation sites (tertiary alicyclic amines) is 1. The Morgan fingerprint density at radius 2 is 1.67 bits per heavy atom. The number of hydrogen-bond donors (Lipinski definition) is 1. The van der Waals surface area contributed by atoms with Gasteiger partial charge in [0, 0.05) is 37.2 Å². The molecule has 152 valence electrons. The number of amides is 1. The third-order valence-electron chi connectivity index (χ3n) is 6.06. The van der Waals surface area contributed by atoms with Crippen molar-refractivity contribution in [1.82, 2.24) is 4.90 Å². The van der Waals surface area contributed by atoms with Crippen molar-refractivity contribution >= 4 is 29.5 Å². The third kappa shape index (κ3) is 3.28. The van der Waals surface area contributed by atoms with Gasteiger partial charge >= 0.3 is 5.97 Å². The molecule has 3 heterocycles. The van der Waals surface area contributed by atoms with Crippen LogP contribution in [0.2, 0.25) is 0 Å². The molecule has 0 radical (unpaired) electrons. The van der Waals surface area contributed by atoms with E-state index in [0.29, 0.717) is 18.5 Å². The van der Waals surface area contributed by atoms with Gasteiger partial charge in [-0.2, -0.15) is 0 Å². The number of amidine groups is 1. The van der Waals surface area contributed by atoms with Crippen LogP contribution in [0.5, 0.6) is 0 Å². The Balaban J connectivity index is 1.47. The molecule has 1 amide bonds. The number of anilines is 1. The van der Waals surface area contributed by atoms with Gasteiger partial charge in [0.1, 0.15) is 5.84 Å². The zero-order chi connectivity index (χ0) is 20.7. The van der Waals surface area contributed by atoms with Gasteiger partial charge in [0.25, 0.3) is 5.91 Å². The molecule has 5 rings (SSSR count). The zero-order valence-electron chi connectivity index (χ0n) is 16.7. The van der Waals surface area contributed by atoms with Gasteiger partial charge in [-0.25, -0.2) is 4.79 Å². The van der Waals surface area contributed by atoms with Crippen LogP contribution >= 0.6 is 0 Å². The first-order valence-corrected chi connectivity index (χ1v) is 10.4. The highest BCUT2D eigenvalue weighted by Crippen LogP contribution is 2.35. The molecule has 0 unspecified atom stereocenters. The summed E-state index contributed by atoms with van der Waals surface area (Å²) in [6.45, 7) is 3.13. The van der Waals surface area contributed by atoms with Crippen LogP contribution in [0, 0.1) is 0 Å². The number of aliphatic carboxylic acids is 1. The van der Waals surface area contributed by atoms with Gasteiger partial charge in [-0.15, -0.1) is 0 Å². The van der Waals surface area contributed by atoms with E-state index in [4.69, 9.17) is 0 Å². The van der Waals surface area contributed by atoms with E-state index in [0.717, 1.165) is 66.3 Å². The quantitative estimate of drug-likeness (QED) is 0.852. The number of carbonyl (C=O) groups is 2. The number of fused-ring (bicyclic) bond motifs is 3. The van der Waals surface area contributed by atoms with Crippen LogP contribution in [0.4, 0.5) is 5.69 Å². The normalized spacial score (nSPS) is 17.7. The Morgan fingerprint density at radius 3 is 2.40 bits per heavy atom. The first-order chi connectivity index (χ1) is 14.6. The summed E-state index contributed by atoms with van der Waals surface area (Å²) >= 11 is 0. The molecule has 30 heavy (non-hydrogen) atoms. The van der Waals surface area contributed by atoms with Crippen LogP contribution in [-0.4, -0.2) is 53.9 Å². The number of aliphatic imine (C=N–C) groups is 1. The fraction of sp³-hybridized carbons (Fsp3) is 0.292. The van der Waals surface area contributed by atoms with Crippen molar-refractivity contribution in [2.24, 2.45) is 4.99 Å². The molecule has 3 aliphatic rings. The van der Waals surface area contributed by atoms with Gasteiger partial charge < -0.3 is 14.9 Å². The minimum absolute atomic E-state index is 0.102. The second-order valence-corrected chi connectivity index (χ2v) is 7.95. The van der Waals surface area contributed by atoms with Crippen LogP contribution in [-0.2, 0) is 4.79 Å². The molecule has 2 aromatic carbocycles. The minimum atomic E-state index is -0.903. The smallest absolute Gasteiger partial charge is 0.332 e. The second-order valence-electron chi connectivity index (χ2n) is 7.95. The number of nitrogens with zero attached hydrogens (tertiary/aromatic N) is 3. The van der Waals surface area contributed by atoms with E-state index in [9.17, 15) is 14.7 Å². The summed E-state index contributed by atoms with van der Waals surface area (Å²) in [5, 5.41) is 9.52. The molecule has 0 bridgehead atoms. The molecule has 2 aromatic rings. The van der Waals surface area contributed by atoms with E-state index in [1.54, 1.807) is 6.08 Å². The van der Waals surface area contributed by atoms with Crippen molar-refractivity contribution in [3.05, 3.63) is 59.2 Å². The van der Waals surface area contributed by atoms with Gasteiger partial charge in [0.2, 0.25) is 0 Å². The monoisotopic (exact) mass is 401 g/mol. The van der Waals surface area contributed by atoms with Crippen LogP contribution in [0.25, 0.3) is 17.2 Å². The second kappa shape index (κ2) is 7.44. The Bertz CT molecular complexity index is 1080. The van der Waals surface area contributed by atoms with E-state index in [1.807, 2.05) is 41.3 Å². The van der Waals surface area contributed by atoms with Crippen LogP contribution in [0.1, 0.15) is 35.2 Å². The molecule has 6 nitrogen and oxygen atoms in total. The van der Waals surface area contributed by atoms with Gasteiger partial charge in [0.05, 0.1) is 12.2 Å². The Kier molecular flexibility index (Phi) is 4.62. The van der Waals surface area contributed by atoms with E-state index in [-0.39, 0.29) is 5.91 Å². The molecule has 1 fully saturated rings. The van der Waals surface area contributed by atoms with Crippen LogP contribution in [0.3, 0.4) is 0 Å². The Hall–Kier alpha value is -3.41. The minimum Gasteiger partial charge on any atom is -0.478 e. The lowest BCUT2D eigenvalue weighted by Crippen LogP contribution is -2.27. The predicted molar refractivity (Wildman–Crippen MR) is 117 cm³/mol. The van der Waals surface area contributed by atoms with Crippen molar-refractivity contribution in [1.29, 1.82) is 0 Å². The van der Waals surface area contributed by atoms with Crippen molar-refractivity contribution in [2.45, 2.75) is 19.3 Å². The molecule has 3 aliphatic heterocycles.